The van der Waals surface area contributed by atoms with E-state index in [0.717, 1.165) is 12.6 Å². The smallest absolute Gasteiger partial charge is 0.141 e. The van der Waals surface area contributed by atoms with Crippen molar-refractivity contribution >= 4 is 0 Å². The van der Waals surface area contributed by atoms with E-state index in [9.17, 15) is 24.8 Å². The van der Waals surface area contributed by atoms with Gasteiger partial charge in [0, 0.05) is 13.1 Å². The van der Waals surface area contributed by atoms with Gasteiger partial charge in [-0.1, -0.05) is 13.8 Å². The van der Waals surface area contributed by atoms with Gasteiger partial charge in [-0.3, -0.25) is 9.88 Å². The first-order valence-electron chi connectivity index (χ1n) is 8.95. The van der Waals surface area contributed by atoms with Gasteiger partial charge in [0.2, 0.25) is 0 Å². The maximum Gasteiger partial charge on any atom is 0.141 e. The Morgan fingerprint density at radius 1 is 1.15 bits per heavy atom. The molecular weight excluding hydrogens is 343 g/mol. The molecule has 4 N–H and O–H groups in total. The van der Waals surface area contributed by atoms with Crippen LogP contribution < -0.4 is 0 Å². The number of halogens is 1. The van der Waals surface area contributed by atoms with Crippen LogP contribution in [0, 0.1) is 11.7 Å². The van der Waals surface area contributed by atoms with Crippen LogP contribution in [0.2, 0.25) is 0 Å². The lowest BCUT2D eigenvalue weighted by molar-refractivity contribution is -0.232. The largest absolute Gasteiger partial charge is 0.394 e. The molecule has 1 fully saturated rings. The van der Waals surface area contributed by atoms with E-state index in [-0.39, 0.29) is 6.54 Å². The predicted octanol–water partition coefficient (Wildman–Crippen LogP) is -0.0888. The first kappa shape index (κ1) is 21.1. The molecule has 2 heterocycles. The van der Waals surface area contributed by atoms with Gasteiger partial charge in [0.15, 0.2) is 0 Å². The second-order valence-corrected chi connectivity index (χ2v) is 7.25. The van der Waals surface area contributed by atoms with E-state index in [1.54, 1.807) is 6.07 Å². The number of hydrogen-bond acceptors (Lipinski definition) is 7. The predicted molar refractivity (Wildman–Crippen MR) is 92.7 cm³/mol. The van der Waals surface area contributed by atoms with Crippen molar-refractivity contribution in [3.8, 4) is 0 Å². The monoisotopic (exact) mass is 372 g/mol. The van der Waals surface area contributed by atoms with Gasteiger partial charge in [0.25, 0.3) is 0 Å². The molecule has 0 saturated carbocycles. The Balaban J connectivity index is 2.07. The zero-order valence-corrected chi connectivity index (χ0v) is 15.2. The van der Waals surface area contributed by atoms with E-state index in [2.05, 4.69) is 18.8 Å². The van der Waals surface area contributed by atoms with E-state index >= 15 is 0 Å². The van der Waals surface area contributed by atoms with Crippen LogP contribution in [0.3, 0.4) is 0 Å². The minimum absolute atomic E-state index is 0.285. The minimum atomic E-state index is -1.39. The number of aliphatic hydroxyl groups is 4. The molecule has 8 heteroatoms. The summed E-state index contributed by atoms with van der Waals surface area (Å²) in [5.74, 6) is 0.0601. The molecule has 5 atom stereocenters. The molecule has 1 aliphatic rings. The number of rotatable bonds is 8. The zero-order chi connectivity index (χ0) is 19.3. The van der Waals surface area contributed by atoms with Crippen molar-refractivity contribution in [2.45, 2.75) is 57.3 Å². The zero-order valence-electron chi connectivity index (χ0n) is 15.2. The Bertz CT molecular complexity index is 543. The normalized spacial score (nSPS) is 29.5. The molecule has 1 aliphatic heterocycles. The van der Waals surface area contributed by atoms with Gasteiger partial charge in [-0.25, -0.2) is 4.39 Å². The van der Waals surface area contributed by atoms with E-state index in [1.165, 1.54) is 6.07 Å². The molecule has 0 radical (unpaired) electrons. The fraction of sp³-hybridized carbons (Fsp3) is 0.722. The molecule has 0 spiro atoms. The van der Waals surface area contributed by atoms with E-state index in [1.807, 2.05) is 4.90 Å². The highest BCUT2D eigenvalue weighted by atomic mass is 19.1. The number of aliphatic hydroxyl groups excluding tert-OH is 4. The van der Waals surface area contributed by atoms with Crippen molar-refractivity contribution in [3.05, 3.63) is 29.8 Å². The summed E-state index contributed by atoms with van der Waals surface area (Å²) in [5, 5.41) is 39.4. The van der Waals surface area contributed by atoms with Crippen LogP contribution >= 0.6 is 0 Å². The van der Waals surface area contributed by atoms with Crippen molar-refractivity contribution < 1.29 is 29.6 Å². The number of ether oxygens (including phenoxy) is 1. The van der Waals surface area contributed by atoms with Crippen LogP contribution in [-0.4, -0.2) is 80.5 Å². The fourth-order valence-corrected chi connectivity index (χ4v) is 2.99. The molecule has 26 heavy (non-hydrogen) atoms. The van der Waals surface area contributed by atoms with Crippen LogP contribution in [0.1, 0.15) is 26.0 Å². The summed E-state index contributed by atoms with van der Waals surface area (Å²) in [7, 11) is 0. The standard InChI is InChI=1S/C18H29FN2O5/c1-11(2)5-6-21(8-13-4-3-12(19)7-20-13)9-14-16(23)18(25)17(24)15(10-22)26-14/h3-4,7,11,14-18,22-25H,5-6,8-10H2,1-2H3/t14-,15+,16+,17+,18+/m0/s1. The molecule has 0 aliphatic carbocycles. The van der Waals surface area contributed by atoms with Crippen molar-refractivity contribution in [3.63, 3.8) is 0 Å². The van der Waals surface area contributed by atoms with Gasteiger partial charge in [0.1, 0.15) is 30.2 Å². The Hall–Kier alpha value is -1.16. The topological polar surface area (TPSA) is 106 Å². The molecule has 0 unspecified atom stereocenters. The van der Waals surface area contributed by atoms with Gasteiger partial charge >= 0.3 is 0 Å². The summed E-state index contributed by atoms with van der Waals surface area (Å²) in [6.45, 7) is 5.16. The Morgan fingerprint density at radius 2 is 1.85 bits per heavy atom. The first-order valence-corrected chi connectivity index (χ1v) is 8.95. The lowest BCUT2D eigenvalue weighted by Gasteiger charge is -2.41. The molecule has 1 aromatic heterocycles. The van der Waals surface area contributed by atoms with Gasteiger partial charge < -0.3 is 25.2 Å². The average molecular weight is 372 g/mol. The lowest BCUT2D eigenvalue weighted by atomic mass is 9.94. The van der Waals surface area contributed by atoms with Crippen LogP contribution in [0.15, 0.2) is 18.3 Å². The molecule has 148 valence electrons. The summed E-state index contributed by atoms with van der Waals surface area (Å²) in [4.78, 5) is 6.07. The summed E-state index contributed by atoms with van der Waals surface area (Å²) in [5.41, 5.74) is 0.680. The fourth-order valence-electron chi connectivity index (χ4n) is 2.99. The van der Waals surface area contributed by atoms with Crippen molar-refractivity contribution in [1.82, 2.24) is 9.88 Å². The molecule has 1 aromatic rings. The third-order valence-corrected chi connectivity index (χ3v) is 4.63. The second kappa shape index (κ2) is 9.68. The molecule has 0 aromatic carbocycles. The Kier molecular flexibility index (Phi) is 7.87. The van der Waals surface area contributed by atoms with Crippen LogP contribution in [0.4, 0.5) is 4.39 Å². The summed E-state index contributed by atoms with van der Waals surface area (Å²) >= 11 is 0. The van der Waals surface area contributed by atoms with Gasteiger partial charge in [-0.05, 0) is 31.0 Å². The van der Waals surface area contributed by atoms with Gasteiger partial charge in [0.05, 0.1) is 24.6 Å². The summed E-state index contributed by atoms with van der Waals surface area (Å²) in [6, 6.07) is 2.95. The Morgan fingerprint density at radius 3 is 2.42 bits per heavy atom. The highest BCUT2D eigenvalue weighted by Gasteiger charge is 2.43. The van der Waals surface area contributed by atoms with Crippen molar-refractivity contribution in [1.29, 1.82) is 0 Å². The second-order valence-electron chi connectivity index (χ2n) is 7.25. The van der Waals surface area contributed by atoms with E-state index in [0.29, 0.717) is 24.7 Å². The molecule has 0 bridgehead atoms. The quantitative estimate of drug-likeness (QED) is 0.505. The minimum Gasteiger partial charge on any atom is -0.394 e. The molecule has 2 rings (SSSR count). The van der Waals surface area contributed by atoms with Crippen molar-refractivity contribution in [2.75, 3.05) is 19.7 Å². The number of hydrogen-bond donors (Lipinski definition) is 4. The van der Waals surface area contributed by atoms with E-state index in [4.69, 9.17) is 4.74 Å². The lowest BCUT2D eigenvalue weighted by Crippen LogP contribution is -2.60. The number of aromatic nitrogens is 1. The number of nitrogens with zero attached hydrogens (tertiary/aromatic N) is 2. The highest BCUT2D eigenvalue weighted by molar-refractivity contribution is 5.05. The maximum atomic E-state index is 13.1. The third kappa shape index (κ3) is 5.67. The molecular formula is C18H29FN2O5. The highest BCUT2D eigenvalue weighted by Crippen LogP contribution is 2.22. The Labute approximate surface area is 153 Å². The van der Waals surface area contributed by atoms with Crippen LogP contribution in [0.5, 0.6) is 0 Å². The average Bonchev–Trinajstić information content (AvgIpc) is 2.61. The van der Waals surface area contributed by atoms with Crippen molar-refractivity contribution in [2.24, 2.45) is 5.92 Å². The van der Waals surface area contributed by atoms with Crippen LogP contribution in [0.25, 0.3) is 0 Å². The first-order chi connectivity index (χ1) is 12.3. The molecule has 0 amide bonds. The van der Waals surface area contributed by atoms with Gasteiger partial charge in [-0.15, -0.1) is 0 Å². The SMILES string of the molecule is CC(C)CCN(Cc1ccc(F)cn1)C[C@@H]1O[C@H](CO)[C@@H](O)[C@H](O)[C@@H]1O. The summed E-state index contributed by atoms with van der Waals surface area (Å²) in [6.07, 6.45) is -3.65. The molecule has 7 nitrogen and oxygen atoms in total. The van der Waals surface area contributed by atoms with Gasteiger partial charge in [-0.2, -0.15) is 0 Å². The summed E-state index contributed by atoms with van der Waals surface area (Å²) < 4.78 is 18.7. The maximum absolute atomic E-state index is 13.1. The van der Waals surface area contributed by atoms with E-state index < -0.39 is 42.9 Å². The van der Waals surface area contributed by atoms with Crippen LogP contribution in [-0.2, 0) is 11.3 Å². The third-order valence-electron chi connectivity index (χ3n) is 4.63. The number of pyridine rings is 1. The molecule has 1 saturated heterocycles.